The van der Waals surface area contributed by atoms with E-state index < -0.39 is 0 Å². The van der Waals surface area contributed by atoms with Crippen LogP contribution in [0.25, 0.3) is 0 Å². The molecule has 1 fully saturated rings. The van der Waals surface area contributed by atoms with Crippen molar-refractivity contribution in [3.63, 3.8) is 0 Å². The van der Waals surface area contributed by atoms with E-state index in [9.17, 15) is 4.79 Å². The smallest absolute Gasteiger partial charge is 0.234 e. The van der Waals surface area contributed by atoms with Crippen molar-refractivity contribution in [2.24, 2.45) is 0 Å². The maximum atomic E-state index is 12.3. The maximum absolute atomic E-state index is 12.3. The molecular formula is C20H24N2O2. The third kappa shape index (κ3) is 4.15. The molecule has 126 valence electrons. The van der Waals surface area contributed by atoms with Gasteiger partial charge in [0.2, 0.25) is 5.91 Å². The van der Waals surface area contributed by atoms with Gasteiger partial charge in [-0.3, -0.25) is 9.69 Å². The van der Waals surface area contributed by atoms with Crippen LogP contribution in [0.2, 0.25) is 0 Å². The van der Waals surface area contributed by atoms with Gasteiger partial charge in [-0.2, -0.15) is 0 Å². The number of nitrogens with one attached hydrogen (secondary N) is 1. The summed E-state index contributed by atoms with van der Waals surface area (Å²) in [5, 5.41) is 3.02. The maximum Gasteiger partial charge on any atom is 0.234 e. The summed E-state index contributed by atoms with van der Waals surface area (Å²) in [7, 11) is 1.68. The van der Waals surface area contributed by atoms with E-state index in [0.29, 0.717) is 19.1 Å². The van der Waals surface area contributed by atoms with Crippen LogP contribution in [0.5, 0.6) is 5.75 Å². The molecule has 1 heterocycles. The molecule has 1 saturated heterocycles. The monoisotopic (exact) mass is 324 g/mol. The molecule has 0 radical (unpaired) electrons. The third-order valence-electron chi connectivity index (χ3n) is 4.52. The topological polar surface area (TPSA) is 41.6 Å². The zero-order valence-electron chi connectivity index (χ0n) is 14.1. The Kier molecular flexibility index (Phi) is 5.49. The largest absolute Gasteiger partial charge is 0.497 e. The van der Waals surface area contributed by atoms with Gasteiger partial charge in [-0.05, 0) is 42.6 Å². The summed E-state index contributed by atoms with van der Waals surface area (Å²) in [5.74, 6) is 0.946. The molecule has 2 aromatic rings. The van der Waals surface area contributed by atoms with Crippen molar-refractivity contribution < 1.29 is 9.53 Å². The van der Waals surface area contributed by atoms with Crippen LogP contribution in [0.1, 0.15) is 30.0 Å². The lowest BCUT2D eigenvalue weighted by Crippen LogP contribution is -2.36. The molecule has 0 aromatic heterocycles. The number of hydrogen-bond donors (Lipinski definition) is 1. The molecule has 1 aliphatic heterocycles. The van der Waals surface area contributed by atoms with Gasteiger partial charge >= 0.3 is 0 Å². The lowest BCUT2D eigenvalue weighted by atomic mass is 10.0. The number of likely N-dealkylation sites (tertiary alicyclic amines) is 1. The van der Waals surface area contributed by atoms with Gasteiger partial charge in [-0.15, -0.1) is 0 Å². The first-order valence-corrected chi connectivity index (χ1v) is 8.45. The quantitative estimate of drug-likeness (QED) is 0.887. The predicted molar refractivity (Wildman–Crippen MR) is 94.8 cm³/mol. The molecule has 4 heteroatoms. The number of carbonyl (C=O) groups excluding carboxylic acids is 1. The van der Waals surface area contributed by atoms with Crippen molar-refractivity contribution in [2.45, 2.75) is 25.4 Å². The number of carbonyl (C=O) groups is 1. The molecule has 0 unspecified atom stereocenters. The van der Waals surface area contributed by atoms with Gasteiger partial charge in [-0.1, -0.05) is 42.5 Å². The number of nitrogens with zero attached hydrogens (tertiary/aromatic N) is 1. The Morgan fingerprint density at radius 3 is 2.83 bits per heavy atom. The summed E-state index contributed by atoms with van der Waals surface area (Å²) < 4.78 is 5.32. The molecule has 1 N–H and O–H groups in total. The minimum absolute atomic E-state index is 0.0775. The molecule has 0 bridgehead atoms. The first-order chi connectivity index (χ1) is 11.8. The van der Waals surface area contributed by atoms with E-state index in [1.807, 2.05) is 42.5 Å². The zero-order chi connectivity index (χ0) is 16.8. The van der Waals surface area contributed by atoms with E-state index in [1.165, 1.54) is 5.56 Å². The first-order valence-electron chi connectivity index (χ1n) is 8.45. The minimum atomic E-state index is 0.0775. The summed E-state index contributed by atoms with van der Waals surface area (Å²) in [6.45, 7) is 1.98. The minimum Gasteiger partial charge on any atom is -0.497 e. The van der Waals surface area contributed by atoms with E-state index in [1.54, 1.807) is 7.11 Å². The molecule has 0 aliphatic carbocycles. The van der Waals surface area contributed by atoms with Crippen molar-refractivity contribution in [3.8, 4) is 5.75 Å². The number of rotatable bonds is 6. The second-order valence-corrected chi connectivity index (χ2v) is 6.17. The molecule has 24 heavy (non-hydrogen) atoms. The van der Waals surface area contributed by atoms with Crippen LogP contribution in [0, 0.1) is 0 Å². The van der Waals surface area contributed by atoms with Crippen molar-refractivity contribution in [2.75, 3.05) is 20.2 Å². The van der Waals surface area contributed by atoms with Crippen LogP contribution in [-0.2, 0) is 11.3 Å². The van der Waals surface area contributed by atoms with E-state index in [2.05, 4.69) is 22.3 Å². The Hall–Kier alpha value is -2.33. The van der Waals surface area contributed by atoms with Gasteiger partial charge in [-0.25, -0.2) is 0 Å². The van der Waals surface area contributed by atoms with Crippen molar-refractivity contribution in [1.29, 1.82) is 0 Å². The molecule has 0 saturated carbocycles. The number of amides is 1. The lowest BCUT2D eigenvalue weighted by molar-refractivity contribution is -0.122. The van der Waals surface area contributed by atoms with E-state index >= 15 is 0 Å². The van der Waals surface area contributed by atoms with Crippen molar-refractivity contribution in [1.82, 2.24) is 10.2 Å². The molecule has 3 rings (SSSR count). The van der Waals surface area contributed by atoms with Crippen LogP contribution >= 0.6 is 0 Å². The van der Waals surface area contributed by atoms with Crippen LogP contribution in [0.3, 0.4) is 0 Å². The van der Waals surface area contributed by atoms with Crippen LogP contribution in [0.4, 0.5) is 0 Å². The second kappa shape index (κ2) is 7.97. The van der Waals surface area contributed by atoms with Crippen LogP contribution in [-0.4, -0.2) is 31.0 Å². The Morgan fingerprint density at radius 2 is 2.04 bits per heavy atom. The van der Waals surface area contributed by atoms with Gasteiger partial charge in [0.1, 0.15) is 5.75 Å². The average Bonchev–Trinajstić information content (AvgIpc) is 3.09. The molecule has 1 atom stereocenters. The third-order valence-corrected chi connectivity index (χ3v) is 4.52. The van der Waals surface area contributed by atoms with Crippen molar-refractivity contribution >= 4 is 5.91 Å². The molecule has 1 amide bonds. The Bertz CT molecular complexity index is 672. The molecule has 1 aliphatic rings. The van der Waals surface area contributed by atoms with E-state index in [-0.39, 0.29) is 5.91 Å². The summed E-state index contributed by atoms with van der Waals surface area (Å²) >= 11 is 0. The number of benzene rings is 2. The fourth-order valence-electron chi connectivity index (χ4n) is 3.28. The Morgan fingerprint density at radius 1 is 1.21 bits per heavy atom. The summed E-state index contributed by atoms with van der Waals surface area (Å²) in [6, 6.07) is 18.5. The van der Waals surface area contributed by atoms with Crippen molar-refractivity contribution in [3.05, 3.63) is 65.7 Å². The summed E-state index contributed by atoms with van der Waals surface area (Å²) in [5.41, 5.74) is 2.35. The zero-order valence-corrected chi connectivity index (χ0v) is 14.1. The van der Waals surface area contributed by atoms with Gasteiger partial charge < -0.3 is 10.1 Å². The first kappa shape index (κ1) is 16.5. The van der Waals surface area contributed by atoms with Crippen LogP contribution < -0.4 is 10.1 Å². The number of hydrogen-bond acceptors (Lipinski definition) is 3. The highest BCUT2D eigenvalue weighted by molar-refractivity contribution is 5.78. The predicted octanol–water partition coefficient (Wildman–Crippen LogP) is 3.15. The highest BCUT2D eigenvalue weighted by atomic mass is 16.5. The molecule has 0 spiro atoms. The highest BCUT2D eigenvalue weighted by Gasteiger charge is 2.27. The highest BCUT2D eigenvalue weighted by Crippen LogP contribution is 2.32. The van der Waals surface area contributed by atoms with Gasteiger partial charge in [0.25, 0.3) is 0 Å². The van der Waals surface area contributed by atoms with Gasteiger partial charge in [0.15, 0.2) is 0 Å². The normalized spacial score (nSPS) is 17.6. The van der Waals surface area contributed by atoms with Crippen LogP contribution in [0.15, 0.2) is 54.6 Å². The van der Waals surface area contributed by atoms with E-state index in [0.717, 1.165) is 30.7 Å². The van der Waals surface area contributed by atoms with E-state index in [4.69, 9.17) is 4.74 Å². The average molecular weight is 324 g/mol. The fraction of sp³-hybridized carbons (Fsp3) is 0.350. The number of methoxy groups -OCH3 is 1. The SMILES string of the molecule is COc1cccc([C@H]2CCCN2CC(=O)NCc2ccccc2)c1. The standard InChI is InChI=1S/C20H24N2O2/c1-24-18-10-5-9-17(13-18)19-11-6-12-22(19)15-20(23)21-14-16-7-3-2-4-8-16/h2-5,7-10,13,19H,6,11-12,14-15H2,1H3,(H,21,23)/t19-/m1/s1. The molecular weight excluding hydrogens is 300 g/mol. The molecule has 2 aromatic carbocycles. The fourth-order valence-corrected chi connectivity index (χ4v) is 3.28. The summed E-state index contributed by atoms with van der Waals surface area (Å²) in [4.78, 5) is 14.6. The lowest BCUT2D eigenvalue weighted by Gasteiger charge is -2.24. The van der Waals surface area contributed by atoms with Gasteiger partial charge in [0.05, 0.1) is 13.7 Å². The molecule has 4 nitrogen and oxygen atoms in total. The second-order valence-electron chi connectivity index (χ2n) is 6.17. The van der Waals surface area contributed by atoms with Gasteiger partial charge in [0, 0.05) is 12.6 Å². The summed E-state index contributed by atoms with van der Waals surface area (Å²) in [6.07, 6.45) is 2.20. The Labute approximate surface area is 143 Å². The Balaban J connectivity index is 1.58. The number of ether oxygens (including phenoxy) is 1.